The zero-order chi connectivity index (χ0) is 14.4. The molecule has 0 N–H and O–H groups in total. The van der Waals surface area contributed by atoms with E-state index in [0.29, 0.717) is 0 Å². The van der Waals surface area contributed by atoms with Crippen LogP contribution in [0.4, 0.5) is 0 Å². The van der Waals surface area contributed by atoms with Crippen molar-refractivity contribution in [2.45, 2.75) is 86.5 Å². The highest BCUT2D eigenvalue weighted by molar-refractivity contribution is 4.87. The average molecular weight is 267 g/mol. The van der Waals surface area contributed by atoms with E-state index in [1.807, 2.05) is 0 Å². The molecular weight excluding hydrogens is 228 g/mol. The standard InChI is InChI=1S/C19H38/c1-7-15(8-2)17-11-12-18(14(5)6)19(13-17)16(9-3)10-4/h14-19H,7-13H2,1-6H3. The third-order valence-corrected chi connectivity index (χ3v) is 6.22. The van der Waals surface area contributed by atoms with Crippen molar-refractivity contribution in [1.82, 2.24) is 0 Å². The topological polar surface area (TPSA) is 0 Å². The molecule has 0 spiro atoms. The van der Waals surface area contributed by atoms with Crippen LogP contribution < -0.4 is 0 Å². The summed E-state index contributed by atoms with van der Waals surface area (Å²) >= 11 is 0. The summed E-state index contributed by atoms with van der Waals surface area (Å²) in [5.41, 5.74) is 0. The molecule has 0 aromatic heterocycles. The van der Waals surface area contributed by atoms with Gasteiger partial charge in [0.2, 0.25) is 0 Å². The minimum absolute atomic E-state index is 0.883. The van der Waals surface area contributed by atoms with E-state index in [1.165, 1.54) is 44.9 Å². The maximum absolute atomic E-state index is 2.46. The number of hydrogen-bond acceptors (Lipinski definition) is 0. The Hall–Kier alpha value is 0. The lowest BCUT2D eigenvalue weighted by atomic mass is 9.61. The predicted molar refractivity (Wildman–Crippen MR) is 87.3 cm³/mol. The summed E-state index contributed by atoms with van der Waals surface area (Å²) in [4.78, 5) is 0. The number of hydrogen-bond donors (Lipinski definition) is 0. The minimum atomic E-state index is 0.883. The van der Waals surface area contributed by atoms with Crippen molar-refractivity contribution >= 4 is 0 Å². The Morgan fingerprint density at radius 2 is 1.26 bits per heavy atom. The van der Waals surface area contributed by atoms with E-state index in [-0.39, 0.29) is 0 Å². The highest BCUT2D eigenvalue weighted by Crippen LogP contribution is 2.46. The van der Waals surface area contributed by atoms with Crippen LogP contribution in [0.1, 0.15) is 86.5 Å². The fourth-order valence-corrected chi connectivity index (χ4v) is 4.91. The molecule has 1 aliphatic carbocycles. The second kappa shape index (κ2) is 8.32. The van der Waals surface area contributed by atoms with E-state index in [9.17, 15) is 0 Å². The van der Waals surface area contributed by atoms with Crippen LogP contribution in [-0.2, 0) is 0 Å². The first-order valence-corrected chi connectivity index (χ1v) is 9.08. The first-order chi connectivity index (χ1) is 9.08. The molecule has 1 fully saturated rings. The van der Waals surface area contributed by atoms with Gasteiger partial charge in [0.1, 0.15) is 0 Å². The molecular formula is C19H38. The molecule has 3 atom stereocenters. The summed E-state index contributed by atoms with van der Waals surface area (Å²) in [5, 5.41) is 0. The van der Waals surface area contributed by atoms with Gasteiger partial charge in [-0.15, -0.1) is 0 Å². The van der Waals surface area contributed by atoms with E-state index in [4.69, 9.17) is 0 Å². The molecule has 0 aromatic carbocycles. The lowest BCUT2D eigenvalue weighted by Crippen LogP contribution is -2.35. The highest BCUT2D eigenvalue weighted by Gasteiger charge is 2.37. The van der Waals surface area contributed by atoms with Crippen LogP contribution in [0.3, 0.4) is 0 Å². The van der Waals surface area contributed by atoms with Crippen molar-refractivity contribution in [2.75, 3.05) is 0 Å². The largest absolute Gasteiger partial charge is 0.0651 e. The van der Waals surface area contributed by atoms with Crippen molar-refractivity contribution in [3.05, 3.63) is 0 Å². The fraction of sp³-hybridized carbons (Fsp3) is 1.00. The second-order valence-corrected chi connectivity index (χ2v) is 7.30. The quantitative estimate of drug-likeness (QED) is 0.490. The molecule has 0 heteroatoms. The summed E-state index contributed by atoms with van der Waals surface area (Å²) in [5.74, 6) is 5.88. The van der Waals surface area contributed by atoms with Crippen LogP contribution in [0.15, 0.2) is 0 Å². The maximum Gasteiger partial charge on any atom is -0.0352 e. The van der Waals surface area contributed by atoms with E-state index in [0.717, 1.165) is 35.5 Å². The first-order valence-electron chi connectivity index (χ1n) is 9.08. The lowest BCUT2D eigenvalue weighted by molar-refractivity contribution is 0.0581. The Bertz CT molecular complexity index is 222. The second-order valence-electron chi connectivity index (χ2n) is 7.30. The van der Waals surface area contributed by atoms with Gasteiger partial charge in [0.25, 0.3) is 0 Å². The Kier molecular flexibility index (Phi) is 7.47. The van der Waals surface area contributed by atoms with Crippen molar-refractivity contribution in [3.8, 4) is 0 Å². The van der Waals surface area contributed by atoms with E-state index < -0.39 is 0 Å². The normalized spacial score (nSPS) is 28.6. The van der Waals surface area contributed by atoms with E-state index >= 15 is 0 Å². The molecule has 0 saturated heterocycles. The van der Waals surface area contributed by atoms with Crippen molar-refractivity contribution in [3.63, 3.8) is 0 Å². The first kappa shape index (κ1) is 17.1. The molecule has 19 heavy (non-hydrogen) atoms. The average Bonchev–Trinajstić information content (AvgIpc) is 2.41. The molecule has 1 aliphatic rings. The fourth-order valence-electron chi connectivity index (χ4n) is 4.91. The van der Waals surface area contributed by atoms with Gasteiger partial charge in [0.15, 0.2) is 0 Å². The van der Waals surface area contributed by atoms with Crippen LogP contribution in [0.2, 0.25) is 0 Å². The van der Waals surface area contributed by atoms with Gasteiger partial charge in [-0.1, -0.05) is 67.2 Å². The molecule has 1 rings (SSSR count). The maximum atomic E-state index is 2.46. The van der Waals surface area contributed by atoms with Crippen LogP contribution >= 0.6 is 0 Å². The third kappa shape index (κ3) is 4.23. The zero-order valence-corrected chi connectivity index (χ0v) is 14.4. The SMILES string of the molecule is CCC(CC)C1CCC(C(C)C)C(C(CC)CC)C1. The molecule has 0 aromatic rings. The van der Waals surface area contributed by atoms with Gasteiger partial charge in [-0.25, -0.2) is 0 Å². The van der Waals surface area contributed by atoms with Gasteiger partial charge in [0.05, 0.1) is 0 Å². The highest BCUT2D eigenvalue weighted by atomic mass is 14.4. The summed E-state index contributed by atoms with van der Waals surface area (Å²) in [6.45, 7) is 14.5. The van der Waals surface area contributed by atoms with Crippen LogP contribution in [0.5, 0.6) is 0 Å². The zero-order valence-electron chi connectivity index (χ0n) is 14.4. The molecule has 0 aliphatic heterocycles. The van der Waals surface area contributed by atoms with Crippen LogP contribution in [0, 0.1) is 35.5 Å². The Balaban J connectivity index is 2.78. The Labute approximate surface area is 122 Å². The molecule has 0 nitrogen and oxygen atoms in total. The molecule has 1 saturated carbocycles. The number of rotatable bonds is 7. The molecule has 0 radical (unpaired) electrons. The van der Waals surface area contributed by atoms with Crippen molar-refractivity contribution < 1.29 is 0 Å². The summed E-state index contributed by atoms with van der Waals surface area (Å²) in [7, 11) is 0. The van der Waals surface area contributed by atoms with Gasteiger partial charge in [-0.05, 0) is 54.8 Å². The summed E-state index contributed by atoms with van der Waals surface area (Å²) < 4.78 is 0. The molecule has 0 amide bonds. The molecule has 0 heterocycles. The minimum Gasteiger partial charge on any atom is -0.0651 e. The molecule has 3 unspecified atom stereocenters. The Morgan fingerprint density at radius 3 is 1.68 bits per heavy atom. The monoisotopic (exact) mass is 266 g/mol. The van der Waals surface area contributed by atoms with Crippen molar-refractivity contribution in [2.24, 2.45) is 35.5 Å². The summed E-state index contributed by atoms with van der Waals surface area (Å²) in [6, 6.07) is 0. The van der Waals surface area contributed by atoms with Gasteiger partial charge < -0.3 is 0 Å². The third-order valence-electron chi connectivity index (χ3n) is 6.22. The molecule has 0 bridgehead atoms. The Morgan fingerprint density at radius 1 is 0.737 bits per heavy atom. The van der Waals surface area contributed by atoms with Crippen LogP contribution in [0.25, 0.3) is 0 Å². The van der Waals surface area contributed by atoms with Gasteiger partial charge in [0, 0.05) is 0 Å². The van der Waals surface area contributed by atoms with Crippen LogP contribution in [-0.4, -0.2) is 0 Å². The van der Waals surface area contributed by atoms with E-state index in [1.54, 1.807) is 0 Å². The summed E-state index contributed by atoms with van der Waals surface area (Å²) in [6.07, 6.45) is 10.1. The lowest BCUT2D eigenvalue weighted by Gasteiger charge is -2.44. The van der Waals surface area contributed by atoms with Gasteiger partial charge in [-0.2, -0.15) is 0 Å². The van der Waals surface area contributed by atoms with Gasteiger partial charge >= 0.3 is 0 Å². The van der Waals surface area contributed by atoms with Crippen molar-refractivity contribution in [1.29, 1.82) is 0 Å². The van der Waals surface area contributed by atoms with E-state index in [2.05, 4.69) is 41.5 Å². The molecule has 114 valence electrons. The predicted octanol–water partition coefficient (Wildman–Crippen LogP) is 6.55. The smallest absolute Gasteiger partial charge is 0.0352 e. The van der Waals surface area contributed by atoms with Gasteiger partial charge in [-0.3, -0.25) is 0 Å².